The minimum Gasteiger partial charge on any atom is -0.508 e. The summed E-state index contributed by atoms with van der Waals surface area (Å²) in [5.74, 6) is -3.93. The number of fused-ring (bicyclic) bond motifs is 1. The number of hydrogen-bond acceptors (Lipinski definition) is 14. The summed E-state index contributed by atoms with van der Waals surface area (Å²) in [6, 6.07) is 6.59. The lowest BCUT2D eigenvalue weighted by molar-refractivity contribution is -0.277. The molecule has 0 spiro atoms. The fourth-order valence-electron chi connectivity index (χ4n) is 8.59. The summed E-state index contributed by atoms with van der Waals surface area (Å²) in [6.45, 7) is 3.69. The van der Waals surface area contributed by atoms with Crippen LogP contribution < -0.4 is 19.6 Å². The lowest BCUT2D eigenvalue weighted by atomic mass is 9.99. The molecule has 2 aromatic carbocycles. The predicted molar refractivity (Wildman–Crippen MR) is 258 cm³/mol. The van der Waals surface area contributed by atoms with Gasteiger partial charge in [-0.25, -0.2) is 0 Å². The van der Waals surface area contributed by atoms with E-state index in [0.717, 1.165) is 57.4 Å². The number of aromatic hydroxyl groups is 2. The highest BCUT2D eigenvalue weighted by Crippen LogP contribution is 2.45. The van der Waals surface area contributed by atoms with Gasteiger partial charge in [-0.05, 0) is 30.5 Å². The predicted octanol–water partition coefficient (Wildman–Crippen LogP) is 10.8. The second-order valence-corrected chi connectivity index (χ2v) is 18.3. The van der Waals surface area contributed by atoms with Crippen LogP contribution >= 0.6 is 0 Å². The van der Waals surface area contributed by atoms with E-state index in [2.05, 4.69) is 13.8 Å². The molecule has 1 fully saturated rings. The van der Waals surface area contributed by atoms with Crippen LogP contribution in [-0.4, -0.2) is 79.9 Å². The van der Waals surface area contributed by atoms with Crippen LogP contribution in [0.4, 0.5) is 0 Å². The van der Waals surface area contributed by atoms with Crippen molar-refractivity contribution in [3.05, 3.63) is 40.6 Å². The third-order valence-electron chi connectivity index (χ3n) is 12.7. The molecule has 1 aliphatic rings. The molecule has 0 aliphatic carbocycles. The Morgan fingerprint density at radius 2 is 1.04 bits per heavy atom. The van der Waals surface area contributed by atoms with E-state index in [1.165, 1.54) is 127 Å². The number of esters is 2. The summed E-state index contributed by atoms with van der Waals surface area (Å²) in [4.78, 5) is 41.1. The molecule has 2 heterocycles. The van der Waals surface area contributed by atoms with Gasteiger partial charge in [0.2, 0.25) is 17.5 Å². The van der Waals surface area contributed by atoms with Crippen molar-refractivity contribution in [1.29, 1.82) is 0 Å². The van der Waals surface area contributed by atoms with Gasteiger partial charge in [0.1, 0.15) is 46.7 Å². The monoisotopic (exact) mass is 941 g/mol. The van der Waals surface area contributed by atoms with Gasteiger partial charge in [0.15, 0.2) is 11.5 Å². The van der Waals surface area contributed by atoms with E-state index in [-0.39, 0.29) is 35.3 Å². The van der Waals surface area contributed by atoms with E-state index in [1.807, 2.05) is 0 Å². The molecule has 5 atom stereocenters. The Bertz CT molecular complexity index is 1940. The molecule has 0 bridgehead atoms. The fraction of sp³-hybridized carbons (Fsp3) is 0.679. The first-order valence-electron chi connectivity index (χ1n) is 25.5. The molecule has 4 rings (SSSR count). The Hall–Kier alpha value is -4.21. The lowest BCUT2D eigenvalue weighted by Crippen LogP contribution is -2.60. The average molecular weight is 941 g/mol. The van der Waals surface area contributed by atoms with Gasteiger partial charge in [-0.2, -0.15) is 0 Å². The highest BCUT2D eigenvalue weighted by Gasteiger charge is 2.45. The van der Waals surface area contributed by atoms with E-state index >= 15 is 0 Å². The molecule has 1 aliphatic heterocycles. The van der Waals surface area contributed by atoms with E-state index in [4.69, 9.17) is 23.4 Å². The van der Waals surface area contributed by atoms with Crippen molar-refractivity contribution in [2.24, 2.45) is 0 Å². The molecular weight excluding hydrogens is 861 g/mol. The van der Waals surface area contributed by atoms with Gasteiger partial charge in [-0.3, -0.25) is 14.4 Å². The van der Waals surface area contributed by atoms with Crippen LogP contribution in [0.2, 0.25) is 0 Å². The van der Waals surface area contributed by atoms with Crippen molar-refractivity contribution in [2.75, 3.05) is 6.61 Å². The van der Waals surface area contributed by atoms with Crippen molar-refractivity contribution >= 4 is 22.9 Å². The maximum Gasteiger partial charge on any atom is 0.313 e. The SMILES string of the molecule is CCCCCCCCCCCCCCCC(=O)Oc1oc2cc(O[C@@H]3OC(CO)[C@@H](O)C(O)C3O)c(OC(=O)CCCCCCCCCCCCCCC)c(O)c2c(=O)c1-c1ccc(O)cc1. The summed E-state index contributed by atoms with van der Waals surface area (Å²) in [7, 11) is 0. The minimum absolute atomic E-state index is 0.0315. The quantitative estimate of drug-likeness (QED) is 0.0186. The Balaban J connectivity index is 1.49. The third-order valence-corrected chi connectivity index (χ3v) is 12.7. The summed E-state index contributed by atoms with van der Waals surface area (Å²) in [5, 5.41) is 62.9. The van der Waals surface area contributed by atoms with Crippen LogP contribution in [0.5, 0.6) is 28.9 Å². The maximum absolute atomic E-state index is 14.5. The van der Waals surface area contributed by atoms with Crippen molar-refractivity contribution in [3.8, 4) is 40.1 Å². The third kappa shape index (κ3) is 18.3. The first-order chi connectivity index (χ1) is 32.5. The fourth-order valence-corrected chi connectivity index (χ4v) is 8.59. The number of phenolic OH excluding ortho intramolecular Hbond substituents is 2. The van der Waals surface area contributed by atoms with Gasteiger partial charge in [0, 0.05) is 18.9 Å². The number of carbonyl (C=O) groups is 2. The van der Waals surface area contributed by atoms with Crippen LogP contribution in [0.3, 0.4) is 0 Å². The van der Waals surface area contributed by atoms with E-state index in [1.54, 1.807) is 0 Å². The molecule has 14 nitrogen and oxygen atoms in total. The molecule has 1 saturated heterocycles. The second kappa shape index (κ2) is 31.0. The molecule has 376 valence electrons. The maximum atomic E-state index is 14.5. The zero-order valence-electron chi connectivity index (χ0n) is 40.2. The van der Waals surface area contributed by atoms with Crippen molar-refractivity contribution in [3.63, 3.8) is 0 Å². The topological polar surface area (TPSA) is 223 Å². The minimum atomic E-state index is -1.88. The van der Waals surface area contributed by atoms with Gasteiger partial charge in [-0.1, -0.05) is 180 Å². The van der Waals surface area contributed by atoms with Crippen LogP contribution in [0.25, 0.3) is 22.1 Å². The summed E-state index contributed by atoms with van der Waals surface area (Å²) < 4.78 is 28.9. The van der Waals surface area contributed by atoms with Crippen molar-refractivity contribution in [1.82, 2.24) is 0 Å². The number of ether oxygens (including phenoxy) is 4. The second-order valence-electron chi connectivity index (χ2n) is 18.3. The van der Waals surface area contributed by atoms with Gasteiger partial charge in [-0.15, -0.1) is 0 Å². The normalized spacial score (nSPS) is 18.3. The molecule has 14 heteroatoms. The Morgan fingerprint density at radius 1 is 0.597 bits per heavy atom. The van der Waals surface area contributed by atoms with Crippen molar-refractivity contribution < 1.29 is 63.6 Å². The Kier molecular flexibility index (Phi) is 25.6. The number of hydrogen-bond donors (Lipinski definition) is 6. The first-order valence-corrected chi connectivity index (χ1v) is 25.5. The number of unbranched alkanes of at least 4 members (excludes halogenated alkanes) is 24. The smallest absolute Gasteiger partial charge is 0.313 e. The van der Waals surface area contributed by atoms with Crippen LogP contribution in [0, 0.1) is 0 Å². The van der Waals surface area contributed by atoms with E-state index in [0.29, 0.717) is 12.8 Å². The van der Waals surface area contributed by atoms with Gasteiger partial charge >= 0.3 is 17.9 Å². The summed E-state index contributed by atoms with van der Waals surface area (Å²) >= 11 is 0. The molecule has 3 unspecified atom stereocenters. The molecule has 3 aromatic rings. The van der Waals surface area contributed by atoms with Crippen molar-refractivity contribution in [2.45, 2.75) is 224 Å². The highest BCUT2D eigenvalue weighted by molar-refractivity contribution is 5.94. The van der Waals surface area contributed by atoms with Gasteiger partial charge in [0.25, 0.3) is 0 Å². The number of aliphatic hydroxyl groups excluding tert-OH is 4. The highest BCUT2D eigenvalue weighted by atomic mass is 16.7. The van der Waals surface area contributed by atoms with Crippen LogP contribution in [0.1, 0.15) is 194 Å². The Morgan fingerprint density at radius 3 is 1.51 bits per heavy atom. The van der Waals surface area contributed by atoms with Crippen LogP contribution in [-0.2, 0) is 14.3 Å². The molecule has 1 aromatic heterocycles. The lowest BCUT2D eigenvalue weighted by Gasteiger charge is -2.39. The zero-order valence-corrected chi connectivity index (χ0v) is 40.2. The number of benzene rings is 2. The Labute approximate surface area is 397 Å². The summed E-state index contributed by atoms with van der Waals surface area (Å²) in [6.07, 6.45) is 20.7. The first kappa shape index (κ1) is 55.4. The van der Waals surface area contributed by atoms with E-state index in [9.17, 15) is 45.0 Å². The average Bonchev–Trinajstić information content (AvgIpc) is 3.31. The number of phenols is 2. The largest absolute Gasteiger partial charge is 0.508 e. The van der Waals surface area contributed by atoms with Gasteiger partial charge < -0.3 is 54.0 Å². The standard InChI is InChI=1S/C53H80O14/c1-3-5-7-9-11-13-15-17-19-21-23-25-27-29-42(56)66-51-40(64-53-50(62)49(61)46(58)41(36-54)65-53)35-39-45(48(51)60)47(59)44(37-31-33-38(55)34-32-37)52(63-39)67-43(57)30-28-26-24-22-20-18-16-14-12-10-8-6-4-2/h31-35,41,46,49-50,53-55,58,60-62H,3-30,36H2,1-2H3/t41?,46-,49?,50?,53-/m1/s1. The van der Waals surface area contributed by atoms with Gasteiger partial charge in [0.05, 0.1) is 6.61 Å². The molecule has 0 amide bonds. The number of rotatable bonds is 34. The number of aliphatic hydroxyl groups is 4. The summed E-state index contributed by atoms with van der Waals surface area (Å²) in [5.41, 5.74) is -1.27. The molecule has 0 saturated carbocycles. The zero-order chi connectivity index (χ0) is 48.4. The molecular formula is C53H80O14. The molecule has 6 N–H and O–H groups in total. The van der Waals surface area contributed by atoms with Crippen LogP contribution in [0.15, 0.2) is 39.5 Å². The number of carbonyl (C=O) groups excluding carboxylic acids is 2. The molecule has 67 heavy (non-hydrogen) atoms. The molecule has 0 radical (unpaired) electrons. The van der Waals surface area contributed by atoms with E-state index < -0.39 is 83.3 Å².